The molecule has 0 saturated carbocycles. The fraction of sp³-hybridized carbons (Fsp3) is 0.571. The molecule has 0 spiro atoms. The third-order valence-corrected chi connectivity index (χ3v) is 3.70. The summed E-state index contributed by atoms with van der Waals surface area (Å²) in [6, 6.07) is 6.73. The van der Waals surface area contributed by atoms with Crippen LogP contribution in [0.3, 0.4) is 0 Å². The second-order valence-corrected chi connectivity index (χ2v) is 5.50. The third kappa shape index (κ3) is 3.53. The minimum Gasteiger partial charge on any atom is -0.383 e. The molecule has 100 valence electrons. The van der Waals surface area contributed by atoms with Gasteiger partial charge in [0.15, 0.2) is 0 Å². The Hall–Kier alpha value is -0.930. The number of hydrogen-bond acceptors (Lipinski definition) is 3. The Kier molecular flexibility index (Phi) is 4.72. The molecule has 1 aliphatic heterocycles. The van der Waals surface area contributed by atoms with Gasteiger partial charge in [0.05, 0.1) is 10.7 Å². The first-order chi connectivity index (χ1) is 8.66. The van der Waals surface area contributed by atoms with Crippen LogP contribution in [0.15, 0.2) is 18.2 Å². The van der Waals surface area contributed by atoms with Crippen LogP contribution in [0, 0.1) is 0 Å². The Labute approximate surface area is 115 Å². The lowest BCUT2D eigenvalue weighted by Gasteiger charge is -2.24. The van der Waals surface area contributed by atoms with Gasteiger partial charge in [0, 0.05) is 32.4 Å². The molecule has 1 aliphatic rings. The van der Waals surface area contributed by atoms with Crippen molar-refractivity contribution in [2.24, 2.45) is 0 Å². The third-order valence-electron chi connectivity index (χ3n) is 3.39. The van der Waals surface area contributed by atoms with Crippen molar-refractivity contribution >= 4 is 23.0 Å². The predicted octanol–water partition coefficient (Wildman–Crippen LogP) is 2.96. The average molecular weight is 268 g/mol. The van der Waals surface area contributed by atoms with Crippen molar-refractivity contribution in [3.63, 3.8) is 0 Å². The monoisotopic (exact) mass is 267 g/mol. The van der Waals surface area contributed by atoms with Crippen LogP contribution in [0.5, 0.6) is 0 Å². The maximum atomic E-state index is 6.25. The Bertz CT molecular complexity index is 387. The topological polar surface area (TPSA) is 27.3 Å². The van der Waals surface area contributed by atoms with E-state index in [0.29, 0.717) is 6.04 Å². The molecular weight excluding hydrogens is 246 g/mol. The zero-order chi connectivity index (χ0) is 13.0. The highest BCUT2D eigenvalue weighted by molar-refractivity contribution is 6.33. The summed E-state index contributed by atoms with van der Waals surface area (Å²) in [6.45, 7) is 2.12. The fourth-order valence-corrected chi connectivity index (χ4v) is 2.67. The van der Waals surface area contributed by atoms with Crippen LogP contribution < -0.4 is 15.5 Å². The van der Waals surface area contributed by atoms with Crippen molar-refractivity contribution in [2.75, 3.05) is 37.4 Å². The highest BCUT2D eigenvalue weighted by atomic mass is 35.5. The summed E-state index contributed by atoms with van der Waals surface area (Å²) in [7, 11) is 4.00. The lowest BCUT2D eigenvalue weighted by atomic mass is 10.1. The van der Waals surface area contributed by atoms with Crippen LogP contribution in [-0.4, -0.2) is 33.2 Å². The van der Waals surface area contributed by atoms with E-state index in [1.165, 1.54) is 19.3 Å². The summed E-state index contributed by atoms with van der Waals surface area (Å²) in [5.74, 6) is 0. The van der Waals surface area contributed by atoms with Crippen LogP contribution in [0.2, 0.25) is 5.02 Å². The van der Waals surface area contributed by atoms with Gasteiger partial charge in [-0.3, -0.25) is 0 Å². The Morgan fingerprint density at radius 2 is 2.22 bits per heavy atom. The number of piperidine rings is 1. The van der Waals surface area contributed by atoms with Crippen LogP contribution in [0.4, 0.5) is 11.4 Å². The van der Waals surface area contributed by atoms with E-state index >= 15 is 0 Å². The minimum atomic E-state index is 0.589. The maximum absolute atomic E-state index is 6.25. The van der Waals surface area contributed by atoms with E-state index in [9.17, 15) is 0 Å². The standard InChI is InChI=1S/C14H22ClN3/c1-18(2)14-7-6-11(9-13(14)15)17-10-12-5-3-4-8-16-12/h6-7,9,12,16-17H,3-5,8,10H2,1-2H3. The number of nitrogens with zero attached hydrogens (tertiary/aromatic N) is 1. The van der Waals surface area contributed by atoms with E-state index < -0.39 is 0 Å². The highest BCUT2D eigenvalue weighted by Crippen LogP contribution is 2.27. The number of nitrogens with one attached hydrogen (secondary N) is 2. The summed E-state index contributed by atoms with van der Waals surface area (Å²) in [5, 5.41) is 7.78. The van der Waals surface area contributed by atoms with Gasteiger partial charge < -0.3 is 15.5 Å². The molecule has 0 amide bonds. The molecule has 1 unspecified atom stereocenters. The van der Waals surface area contributed by atoms with Gasteiger partial charge in [-0.05, 0) is 37.6 Å². The van der Waals surface area contributed by atoms with E-state index in [1.807, 2.05) is 25.1 Å². The average Bonchev–Trinajstić information content (AvgIpc) is 2.37. The van der Waals surface area contributed by atoms with Crippen LogP contribution >= 0.6 is 11.6 Å². The molecule has 1 aromatic carbocycles. The van der Waals surface area contributed by atoms with E-state index in [4.69, 9.17) is 11.6 Å². The van der Waals surface area contributed by atoms with Gasteiger partial charge in [-0.2, -0.15) is 0 Å². The van der Waals surface area contributed by atoms with Gasteiger partial charge in [0.1, 0.15) is 0 Å². The van der Waals surface area contributed by atoms with Gasteiger partial charge in [0.2, 0.25) is 0 Å². The van der Waals surface area contributed by atoms with Crippen molar-refractivity contribution in [1.82, 2.24) is 5.32 Å². The molecule has 2 N–H and O–H groups in total. The molecule has 0 radical (unpaired) electrons. The molecule has 18 heavy (non-hydrogen) atoms. The van der Waals surface area contributed by atoms with Gasteiger partial charge in [-0.25, -0.2) is 0 Å². The first kappa shape index (κ1) is 13.5. The molecule has 1 atom stereocenters. The summed E-state index contributed by atoms with van der Waals surface area (Å²) in [4.78, 5) is 2.02. The Morgan fingerprint density at radius 1 is 1.39 bits per heavy atom. The van der Waals surface area contributed by atoms with E-state index in [0.717, 1.165) is 29.5 Å². The number of anilines is 2. The largest absolute Gasteiger partial charge is 0.383 e. The Morgan fingerprint density at radius 3 is 2.83 bits per heavy atom. The van der Waals surface area contributed by atoms with Crippen molar-refractivity contribution in [1.29, 1.82) is 0 Å². The molecule has 1 fully saturated rings. The number of benzene rings is 1. The van der Waals surface area contributed by atoms with Gasteiger partial charge >= 0.3 is 0 Å². The second-order valence-electron chi connectivity index (χ2n) is 5.09. The molecule has 4 heteroatoms. The molecular formula is C14H22ClN3. The molecule has 1 heterocycles. The molecule has 2 rings (SSSR count). The zero-order valence-electron chi connectivity index (χ0n) is 11.2. The first-order valence-electron chi connectivity index (χ1n) is 6.61. The van der Waals surface area contributed by atoms with Gasteiger partial charge in [-0.15, -0.1) is 0 Å². The number of hydrogen-bond donors (Lipinski definition) is 2. The summed E-state index contributed by atoms with van der Waals surface area (Å²) in [6.07, 6.45) is 3.90. The fourth-order valence-electron chi connectivity index (χ4n) is 2.32. The number of halogens is 1. The van der Waals surface area contributed by atoms with Crippen molar-refractivity contribution in [3.8, 4) is 0 Å². The van der Waals surface area contributed by atoms with Crippen LogP contribution in [0.25, 0.3) is 0 Å². The minimum absolute atomic E-state index is 0.589. The van der Waals surface area contributed by atoms with Crippen LogP contribution in [-0.2, 0) is 0 Å². The Balaban J connectivity index is 1.91. The SMILES string of the molecule is CN(C)c1ccc(NCC2CCCCN2)cc1Cl. The second kappa shape index (κ2) is 6.30. The van der Waals surface area contributed by atoms with E-state index in [-0.39, 0.29) is 0 Å². The molecule has 0 aliphatic carbocycles. The normalized spacial score (nSPS) is 19.6. The summed E-state index contributed by atoms with van der Waals surface area (Å²) >= 11 is 6.25. The lowest BCUT2D eigenvalue weighted by Crippen LogP contribution is -2.39. The smallest absolute Gasteiger partial charge is 0.0659 e. The predicted molar refractivity (Wildman–Crippen MR) is 79.9 cm³/mol. The van der Waals surface area contributed by atoms with Crippen molar-refractivity contribution < 1.29 is 0 Å². The molecule has 1 aromatic rings. The molecule has 0 aromatic heterocycles. The summed E-state index contributed by atoms with van der Waals surface area (Å²) in [5.41, 5.74) is 2.15. The molecule has 3 nitrogen and oxygen atoms in total. The van der Waals surface area contributed by atoms with Gasteiger partial charge in [-0.1, -0.05) is 18.0 Å². The molecule has 0 bridgehead atoms. The summed E-state index contributed by atoms with van der Waals surface area (Å²) < 4.78 is 0. The van der Waals surface area contributed by atoms with Gasteiger partial charge in [0.25, 0.3) is 0 Å². The van der Waals surface area contributed by atoms with Crippen molar-refractivity contribution in [2.45, 2.75) is 25.3 Å². The maximum Gasteiger partial charge on any atom is 0.0659 e. The first-order valence-corrected chi connectivity index (χ1v) is 6.99. The van der Waals surface area contributed by atoms with Crippen molar-refractivity contribution in [3.05, 3.63) is 23.2 Å². The lowest BCUT2D eigenvalue weighted by molar-refractivity contribution is 0.414. The van der Waals surface area contributed by atoms with Crippen LogP contribution in [0.1, 0.15) is 19.3 Å². The zero-order valence-corrected chi connectivity index (χ0v) is 11.9. The highest BCUT2D eigenvalue weighted by Gasteiger charge is 2.12. The van der Waals surface area contributed by atoms with E-state index in [1.54, 1.807) is 0 Å². The number of rotatable bonds is 4. The van der Waals surface area contributed by atoms with E-state index in [2.05, 4.69) is 22.8 Å². The molecule has 1 saturated heterocycles. The quantitative estimate of drug-likeness (QED) is 0.878.